The SMILES string of the molecule is FC(F)(F)Cc1nc(Cl)c(-c2ccc(Cl)cc2)c(Cl)n1. The third-order valence-corrected chi connectivity index (χ3v) is 3.16. The van der Waals surface area contributed by atoms with Crippen LogP contribution in [0.3, 0.4) is 0 Å². The van der Waals surface area contributed by atoms with Crippen LogP contribution in [0.25, 0.3) is 11.1 Å². The predicted octanol–water partition coefficient (Wildman–Crippen LogP) is 5.21. The first-order valence-electron chi connectivity index (χ1n) is 5.31. The molecule has 8 heteroatoms. The Balaban J connectivity index is 2.43. The summed E-state index contributed by atoms with van der Waals surface area (Å²) in [6.07, 6.45) is -5.71. The Hall–Kier alpha value is -1.04. The number of benzene rings is 1. The van der Waals surface area contributed by atoms with Gasteiger partial charge in [0, 0.05) is 5.02 Å². The van der Waals surface area contributed by atoms with E-state index in [0.29, 0.717) is 10.6 Å². The molecule has 0 radical (unpaired) electrons. The number of aromatic nitrogens is 2. The van der Waals surface area contributed by atoms with Crippen molar-refractivity contribution < 1.29 is 13.2 Å². The molecule has 2 nitrogen and oxygen atoms in total. The molecule has 0 bridgehead atoms. The fourth-order valence-electron chi connectivity index (χ4n) is 1.56. The standard InChI is InChI=1S/C12H6Cl3F3N2/c13-7-3-1-6(2-4-7)9-10(14)19-8(20-11(9)15)5-12(16,17)18/h1-4H,5H2. The van der Waals surface area contributed by atoms with Crippen LogP contribution in [-0.4, -0.2) is 16.1 Å². The zero-order chi connectivity index (χ0) is 14.9. The molecular weight excluding hydrogens is 335 g/mol. The second-order valence-corrected chi connectivity index (χ2v) is 5.05. The van der Waals surface area contributed by atoms with E-state index in [1.165, 1.54) is 0 Å². The lowest BCUT2D eigenvalue weighted by molar-refractivity contribution is -0.128. The van der Waals surface area contributed by atoms with Crippen molar-refractivity contribution in [2.24, 2.45) is 0 Å². The second kappa shape index (κ2) is 5.76. The Morgan fingerprint density at radius 3 is 1.85 bits per heavy atom. The van der Waals surface area contributed by atoms with Gasteiger partial charge in [-0.15, -0.1) is 0 Å². The summed E-state index contributed by atoms with van der Waals surface area (Å²) in [5, 5.41) is 0.244. The van der Waals surface area contributed by atoms with Crippen LogP contribution >= 0.6 is 34.8 Å². The van der Waals surface area contributed by atoms with Gasteiger partial charge in [-0.3, -0.25) is 0 Å². The first-order valence-corrected chi connectivity index (χ1v) is 6.44. The largest absolute Gasteiger partial charge is 0.396 e. The molecule has 106 valence electrons. The monoisotopic (exact) mass is 340 g/mol. The normalized spacial score (nSPS) is 11.7. The molecule has 0 atom stereocenters. The van der Waals surface area contributed by atoms with E-state index in [-0.39, 0.29) is 15.9 Å². The summed E-state index contributed by atoms with van der Waals surface area (Å²) in [5.41, 5.74) is 0.846. The average Bonchev–Trinajstić information content (AvgIpc) is 2.28. The molecule has 1 aromatic carbocycles. The quantitative estimate of drug-likeness (QED) is 0.701. The number of rotatable bonds is 2. The van der Waals surface area contributed by atoms with E-state index in [2.05, 4.69) is 9.97 Å². The van der Waals surface area contributed by atoms with E-state index in [9.17, 15) is 13.2 Å². The highest BCUT2D eigenvalue weighted by molar-refractivity contribution is 6.37. The number of hydrogen-bond acceptors (Lipinski definition) is 2. The van der Waals surface area contributed by atoms with Gasteiger partial charge in [-0.1, -0.05) is 46.9 Å². The van der Waals surface area contributed by atoms with Gasteiger partial charge in [0.05, 0.1) is 5.56 Å². The molecule has 0 aliphatic carbocycles. The van der Waals surface area contributed by atoms with Crippen molar-refractivity contribution in [1.29, 1.82) is 0 Å². The van der Waals surface area contributed by atoms with E-state index in [4.69, 9.17) is 34.8 Å². The van der Waals surface area contributed by atoms with Gasteiger partial charge in [-0.05, 0) is 17.7 Å². The molecule has 2 aromatic rings. The van der Waals surface area contributed by atoms with Crippen LogP contribution in [0.5, 0.6) is 0 Å². The Morgan fingerprint density at radius 2 is 1.40 bits per heavy atom. The Kier molecular flexibility index (Phi) is 4.42. The highest BCUT2D eigenvalue weighted by Gasteiger charge is 2.30. The van der Waals surface area contributed by atoms with Gasteiger partial charge >= 0.3 is 6.18 Å². The first-order chi connectivity index (χ1) is 9.26. The first kappa shape index (κ1) is 15.4. The lowest BCUT2D eigenvalue weighted by Gasteiger charge is -2.10. The van der Waals surface area contributed by atoms with Crippen molar-refractivity contribution in [3.63, 3.8) is 0 Å². The van der Waals surface area contributed by atoms with Crippen LogP contribution in [0.15, 0.2) is 24.3 Å². The molecule has 1 aromatic heterocycles. The van der Waals surface area contributed by atoms with E-state index in [0.717, 1.165) is 0 Å². The summed E-state index contributed by atoms with van der Waals surface area (Å²) in [6, 6.07) is 6.46. The van der Waals surface area contributed by atoms with Crippen LogP contribution in [0.2, 0.25) is 15.3 Å². The molecule has 0 spiro atoms. The molecule has 0 unspecified atom stereocenters. The van der Waals surface area contributed by atoms with Gasteiger partial charge < -0.3 is 0 Å². The van der Waals surface area contributed by atoms with E-state index < -0.39 is 18.4 Å². The predicted molar refractivity (Wildman–Crippen MR) is 72.3 cm³/mol. The van der Waals surface area contributed by atoms with Gasteiger partial charge in [-0.2, -0.15) is 13.2 Å². The Bertz CT molecular complexity index is 604. The summed E-state index contributed by atoms with van der Waals surface area (Å²) in [6.45, 7) is 0. The third kappa shape index (κ3) is 3.75. The molecule has 0 N–H and O–H groups in total. The number of nitrogens with zero attached hydrogens (tertiary/aromatic N) is 2. The van der Waals surface area contributed by atoms with Gasteiger partial charge in [0.15, 0.2) is 0 Å². The van der Waals surface area contributed by atoms with Crippen LogP contribution in [0, 0.1) is 0 Å². The highest BCUT2D eigenvalue weighted by atomic mass is 35.5. The molecule has 0 aliphatic heterocycles. The van der Waals surface area contributed by atoms with Crippen molar-refractivity contribution in [3.8, 4) is 11.1 Å². The van der Waals surface area contributed by atoms with Crippen molar-refractivity contribution in [3.05, 3.63) is 45.4 Å². The number of halogens is 6. The highest BCUT2D eigenvalue weighted by Crippen LogP contribution is 2.33. The molecule has 20 heavy (non-hydrogen) atoms. The van der Waals surface area contributed by atoms with E-state index in [1.807, 2.05) is 0 Å². The van der Waals surface area contributed by atoms with Crippen LogP contribution in [0.1, 0.15) is 5.82 Å². The fraction of sp³-hybridized carbons (Fsp3) is 0.167. The minimum absolute atomic E-state index is 0.133. The van der Waals surface area contributed by atoms with Crippen LogP contribution < -0.4 is 0 Å². The Labute approximate surface area is 127 Å². The van der Waals surface area contributed by atoms with Crippen LogP contribution in [-0.2, 0) is 6.42 Å². The maximum atomic E-state index is 12.3. The number of hydrogen-bond donors (Lipinski definition) is 0. The van der Waals surface area contributed by atoms with Gasteiger partial charge in [0.2, 0.25) is 0 Å². The van der Waals surface area contributed by atoms with Crippen LogP contribution in [0.4, 0.5) is 13.2 Å². The fourth-order valence-corrected chi connectivity index (χ4v) is 2.33. The van der Waals surface area contributed by atoms with Gasteiger partial charge in [-0.25, -0.2) is 9.97 Å². The lowest BCUT2D eigenvalue weighted by Crippen LogP contribution is -2.14. The number of alkyl halides is 3. The maximum absolute atomic E-state index is 12.3. The second-order valence-electron chi connectivity index (χ2n) is 3.90. The lowest BCUT2D eigenvalue weighted by atomic mass is 10.1. The Morgan fingerprint density at radius 1 is 0.900 bits per heavy atom. The van der Waals surface area contributed by atoms with Crippen molar-refractivity contribution in [2.75, 3.05) is 0 Å². The van der Waals surface area contributed by atoms with Crippen molar-refractivity contribution in [1.82, 2.24) is 9.97 Å². The smallest absolute Gasteiger partial charge is 0.220 e. The summed E-state index contributed by atoms with van der Waals surface area (Å²) < 4.78 is 36.9. The molecule has 0 amide bonds. The molecule has 2 rings (SSSR count). The molecule has 0 fully saturated rings. The minimum atomic E-state index is -4.42. The summed E-state index contributed by atoms with van der Waals surface area (Å²) in [4.78, 5) is 7.27. The third-order valence-electron chi connectivity index (χ3n) is 2.36. The summed E-state index contributed by atoms with van der Waals surface area (Å²) in [5.74, 6) is -0.467. The van der Waals surface area contributed by atoms with Crippen molar-refractivity contribution >= 4 is 34.8 Å². The molecular formula is C12H6Cl3F3N2. The topological polar surface area (TPSA) is 25.8 Å². The van der Waals surface area contributed by atoms with E-state index in [1.54, 1.807) is 24.3 Å². The maximum Gasteiger partial charge on any atom is 0.396 e. The molecule has 0 aliphatic rings. The van der Waals surface area contributed by atoms with Gasteiger partial charge in [0.25, 0.3) is 0 Å². The molecule has 1 heterocycles. The zero-order valence-electron chi connectivity index (χ0n) is 9.68. The molecule has 0 saturated heterocycles. The summed E-state index contributed by atoms with van der Waals surface area (Å²) in [7, 11) is 0. The van der Waals surface area contributed by atoms with E-state index >= 15 is 0 Å². The average molecular weight is 342 g/mol. The van der Waals surface area contributed by atoms with Gasteiger partial charge in [0.1, 0.15) is 22.6 Å². The summed E-state index contributed by atoms with van der Waals surface area (Å²) >= 11 is 17.6. The van der Waals surface area contributed by atoms with Crippen molar-refractivity contribution in [2.45, 2.75) is 12.6 Å². The minimum Gasteiger partial charge on any atom is -0.220 e. The zero-order valence-corrected chi connectivity index (χ0v) is 11.9. The molecule has 0 saturated carbocycles.